The van der Waals surface area contributed by atoms with Crippen LogP contribution in [-0.2, 0) is 14.8 Å². The van der Waals surface area contributed by atoms with E-state index in [2.05, 4.69) is 35.3 Å². The molecule has 0 spiro atoms. The SMILES string of the molecule is CC(=O)Nc1ncc(S(=O)(=O)Nc2ccc(Nc3cc(-n4ccnc4)nc(C)n3)cc2)s1. The van der Waals surface area contributed by atoms with Crippen LogP contribution in [0.15, 0.2) is 59.5 Å². The highest BCUT2D eigenvalue weighted by Crippen LogP contribution is 2.26. The summed E-state index contributed by atoms with van der Waals surface area (Å²) in [5.41, 5.74) is 1.09. The lowest BCUT2D eigenvalue weighted by molar-refractivity contribution is -0.114. The van der Waals surface area contributed by atoms with Crippen LogP contribution in [0.1, 0.15) is 12.7 Å². The average molecular weight is 471 g/mol. The molecule has 0 atom stereocenters. The second-order valence-electron chi connectivity index (χ2n) is 6.60. The van der Waals surface area contributed by atoms with Crippen molar-refractivity contribution in [3.05, 3.63) is 61.1 Å². The largest absolute Gasteiger partial charge is 0.340 e. The predicted molar refractivity (Wildman–Crippen MR) is 121 cm³/mol. The molecule has 3 N–H and O–H groups in total. The summed E-state index contributed by atoms with van der Waals surface area (Å²) in [7, 11) is -3.83. The molecule has 3 heterocycles. The summed E-state index contributed by atoms with van der Waals surface area (Å²) in [5.74, 6) is 1.52. The number of aromatic nitrogens is 5. The fourth-order valence-corrected chi connectivity index (χ4v) is 4.84. The van der Waals surface area contributed by atoms with Gasteiger partial charge in [-0.15, -0.1) is 0 Å². The summed E-state index contributed by atoms with van der Waals surface area (Å²) in [5, 5.41) is 5.86. The topological polar surface area (TPSA) is 144 Å². The summed E-state index contributed by atoms with van der Waals surface area (Å²) in [4.78, 5) is 27.8. The zero-order valence-corrected chi connectivity index (χ0v) is 18.6. The maximum Gasteiger partial charge on any atom is 0.273 e. The Morgan fingerprint density at radius 2 is 1.88 bits per heavy atom. The number of imidazole rings is 1. The highest BCUT2D eigenvalue weighted by molar-refractivity contribution is 7.94. The molecule has 0 radical (unpaired) electrons. The number of carbonyl (C=O) groups is 1. The minimum Gasteiger partial charge on any atom is -0.340 e. The van der Waals surface area contributed by atoms with Gasteiger partial charge in [0, 0.05) is 36.8 Å². The maximum atomic E-state index is 12.6. The fraction of sp³-hybridized carbons (Fsp3) is 0.105. The standard InChI is InChI=1S/C19H18N8O3S2/c1-12-22-16(9-17(23-12)27-8-7-20-11-27)25-14-3-5-15(6-4-14)26-32(29,30)18-10-21-19(31-18)24-13(2)28/h3-11,26H,1-2H3,(H,21,24,28)(H,22,23,25). The van der Waals surface area contributed by atoms with Crippen molar-refractivity contribution in [2.75, 3.05) is 15.4 Å². The number of hydrogen-bond donors (Lipinski definition) is 3. The Morgan fingerprint density at radius 1 is 1.12 bits per heavy atom. The Morgan fingerprint density at radius 3 is 2.56 bits per heavy atom. The van der Waals surface area contributed by atoms with E-state index in [1.54, 1.807) is 60.5 Å². The van der Waals surface area contributed by atoms with E-state index >= 15 is 0 Å². The van der Waals surface area contributed by atoms with Crippen LogP contribution in [0.25, 0.3) is 5.82 Å². The van der Waals surface area contributed by atoms with Crippen molar-refractivity contribution in [1.82, 2.24) is 24.5 Å². The number of nitrogens with one attached hydrogen (secondary N) is 3. The van der Waals surface area contributed by atoms with Gasteiger partial charge in [-0.1, -0.05) is 11.3 Å². The minimum absolute atomic E-state index is 0.00746. The maximum absolute atomic E-state index is 12.6. The summed E-state index contributed by atoms with van der Waals surface area (Å²) >= 11 is 0.867. The number of thiazole rings is 1. The number of carbonyl (C=O) groups excluding carboxylic acids is 1. The van der Waals surface area contributed by atoms with E-state index in [0.29, 0.717) is 28.8 Å². The number of nitrogens with zero attached hydrogens (tertiary/aromatic N) is 5. The van der Waals surface area contributed by atoms with Gasteiger partial charge in [-0.3, -0.25) is 14.1 Å². The fourth-order valence-electron chi connectivity index (χ4n) is 2.71. The first-order chi connectivity index (χ1) is 15.3. The van der Waals surface area contributed by atoms with Crippen LogP contribution in [0, 0.1) is 6.92 Å². The quantitative estimate of drug-likeness (QED) is 0.374. The Balaban J connectivity index is 1.47. The van der Waals surface area contributed by atoms with Crippen molar-refractivity contribution < 1.29 is 13.2 Å². The molecular formula is C19H18N8O3S2. The van der Waals surface area contributed by atoms with Gasteiger partial charge in [0.2, 0.25) is 5.91 Å². The lowest BCUT2D eigenvalue weighted by Gasteiger charge is -2.10. The molecule has 4 rings (SSSR count). The molecule has 0 aliphatic rings. The molecule has 0 saturated carbocycles. The van der Waals surface area contributed by atoms with Crippen molar-refractivity contribution >= 4 is 49.6 Å². The van der Waals surface area contributed by atoms with Gasteiger partial charge in [-0.05, 0) is 31.2 Å². The van der Waals surface area contributed by atoms with Crippen LogP contribution < -0.4 is 15.4 Å². The van der Waals surface area contributed by atoms with Gasteiger partial charge in [0.15, 0.2) is 9.34 Å². The molecular weight excluding hydrogens is 452 g/mol. The first-order valence-electron chi connectivity index (χ1n) is 9.26. The molecule has 164 valence electrons. The predicted octanol–water partition coefficient (Wildman–Crippen LogP) is 2.93. The molecule has 11 nitrogen and oxygen atoms in total. The average Bonchev–Trinajstić information content (AvgIpc) is 3.41. The van der Waals surface area contributed by atoms with Crippen LogP contribution in [0.3, 0.4) is 0 Å². The Labute approximate surface area is 187 Å². The van der Waals surface area contributed by atoms with Gasteiger partial charge in [-0.25, -0.2) is 28.4 Å². The molecule has 13 heteroatoms. The molecule has 0 saturated heterocycles. The van der Waals surface area contributed by atoms with E-state index in [4.69, 9.17) is 0 Å². The van der Waals surface area contributed by atoms with Gasteiger partial charge in [0.1, 0.15) is 23.8 Å². The van der Waals surface area contributed by atoms with Crippen molar-refractivity contribution in [3.63, 3.8) is 0 Å². The summed E-state index contributed by atoms with van der Waals surface area (Å²) < 4.78 is 29.4. The Kier molecular flexibility index (Phi) is 5.83. The van der Waals surface area contributed by atoms with Gasteiger partial charge in [0.25, 0.3) is 10.0 Å². The second-order valence-corrected chi connectivity index (χ2v) is 9.54. The summed E-state index contributed by atoms with van der Waals surface area (Å²) in [6, 6.07) is 8.48. The molecule has 0 unspecified atom stereocenters. The lowest BCUT2D eigenvalue weighted by atomic mass is 10.3. The third-order valence-electron chi connectivity index (χ3n) is 4.04. The van der Waals surface area contributed by atoms with Gasteiger partial charge in [-0.2, -0.15) is 0 Å². The van der Waals surface area contributed by atoms with Crippen molar-refractivity contribution in [2.24, 2.45) is 0 Å². The molecule has 0 aliphatic carbocycles. The Hall–Kier alpha value is -3.84. The van der Waals surface area contributed by atoms with E-state index in [1.807, 2.05) is 0 Å². The highest BCUT2D eigenvalue weighted by Gasteiger charge is 2.18. The lowest BCUT2D eigenvalue weighted by Crippen LogP contribution is -2.11. The number of anilines is 4. The number of rotatable bonds is 7. The minimum atomic E-state index is -3.83. The third-order valence-corrected chi connectivity index (χ3v) is 6.79. The first kappa shape index (κ1) is 21.4. The van der Waals surface area contributed by atoms with Gasteiger partial charge < -0.3 is 10.6 Å². The van der Waals surface area contributed by atoms with E-state index in [1.165, 1.54) is 13.1 Å². The van der Waals surface area contributed by atoms with Crippen LogP contribution in [0.2, 0.25) is 0 Å². The van der Waals surface area contributed by atoms with E-state index in [-0.39, 0.29) is 15.2 Å². The Bertz CT molecular complexity index is 1350. The molecule has 0 aliphatic heterocycles. The molecule has 32 heavy (non-hydrogen) atoms. The van der Waals surface area contributed by atoms with Crippen LogP contribution in [0.5, 0.6) is 0 Å². The number of benzene rings is 1. The van der Waals surface area contributed by atoms with Crippen LogP contribution in [-0.4, -0.2) is 38.8 Å². The van der Waals surface area contributed by atoms with Crippen molar-refractivity contribution in [1.29, 1.82) is 0 Å². The van der Waals surface area contributed by atoms with Gasteiger partial charge >= 0.3 is 0 Å². The monoisotopic (exact) mass is 470 g/mol. The number of sulfonamides is 1. The summed E-state index contributed by atoms with van der Waals surface area (Å²) in [6.07, 6.45) is 6.30. The van der Waals surface area contributed by atoms with Crippen molar-refractivity contribution in [2.45, 2.75) is 18.1 Å². The zero-order chi connectivity index (χ0) is 22.7. The van der Waals surface area contributed by atoms with E-state index in [9.17, 15) is 13.2 Å². The molecule has 1 aromatic carbocycles. The molecule has 0 fully saturated rings. The normalized spacial score (nSPS) is 11.2. The van der Waals surface area contributed by atoms with Crippen LogP contribution in [0.4, 0.5) is 22.3 Å². The van der Waals surface area contributed by atoms with Gasteiger partial charge in [0.05, 0.1) is 6.20 Å². The number of aryl methyl sites for hydroxylation is 1. The molecule has 3 aromatic heterocycles. The number of hydrogen-bond acceptors (Lipinski definition) is 9. The second kappa shape index (κ2) is 8.72. The summed E-state index contributed by atoms with van der Waals surface area (Å²) in [6.45, 7) is 3.12. The molecule has 1 amide bonds. The first-order valence-corrected chi connectivity index (χ1v) is 11.6. The third kappa shape index (κ3) is 5.07. The van der Waals surface area contributed by atoms with Crippen LogP contribution >= 0.6 is 11.3 Å². The number of amides is 1. The highest BCUT2D eigenvalue weighted by atomic mass is 32.2. The molecule has 0 bridgehead atoms. The zero-order valence-electron chi connectivity index (χ0n) is 17.0. The van der Waals surface area contributed by atoms with E-state index < -0.39 is 10.0 Å². The van der Waals surface area contributed by atoms with E-state index in [0.717, 1.165) is 11.3 Å². The van der Waals surface area contributed by atoms with Crippen molar-refractivity contribution in [3.8, 4) is 5.82 Å². The molecule has 4 aromatic rings. The smallest absolute Gasteiger partial charge is 0.273 e.